The van der Waals surface area contributed by atoms with Gasteiger partial charge in [0, 0.05) is 32.8 Å². The molecule has 0 N–H and O–H groups in total. The van der Waals surface area contributed by atoms with Crippen LogP contribution in [0.25, 0.3) is 82.1 Å². The van der Waals surface area contributed by atoms with Crippen LogP contribution < -0.4 is 0 Å². The summed E-state index contributed by atoms with van der Waals surface area (Å²) in [6.45, 7) is 8.07. The summed E-state index contributed by atoms with van der Waals surface area (Å²) >= 11 is 0. The maximum absolute atomic E-state index is 9.95. The van der Waals surface area contributed by atoms with E-state index >= 15 is 0 Å². The van der Waals surface area contributed by atoms with Gasteiger partial charge in [-0.05, 0) is 71.3 Å². The highest BCUT2D eigenvalue weighted by atomic mass is 15.0. The smallest absolute Gasteiger partial charge is 0.195 e. The fourth-order valence-corrected chi connectivity index (χ4v) is 7.33. The standard InChI is InChI=1S/C44H26N4/c1-46-38-25-24-32(47-42-22-9-5-18-36(42)44-31(28-45)14-11-23-43(44)47)27-37(38)30-13-10-12-29(26-30)33-15-2-6-19-39(33)48-40-20-7-3-16-34(40)35-17-4-8-21-41(35)48/h2-27H. The summed E-state index contributed by atoms with van der Waals surface area (Å²) in [4.78, 5) is 3.94. The van der Waals surface area contributed by atoms with Crippen LogP contribution in [0.4, 0.5) is 5.69 Å². The fraction of sp³-hybridized carbons (Fsp3) is 0. The Morgan fingerprint density at radius 3 is 1.79 bits per heavy atom. The summed E-state index contributed by atoms with van der Waals surface area (Å²) in [6, 6.07) is 56.6. The fourth-order valence-electron chi connectivity index (χ4n) is 7.33. The summed E-state index contributed by atoms with van der Waals surface area (Å²) in [6.07, 6.45) is 0. The number of benzene rings is 7. The Bertz CT molecular complexity index is 2760. The number of hydrogen-bond donors (Lipinski definition) is 0. The highest BCUT2D eigenvalue weighted by Crippen LogP contribution is 2.40. The van der Waals surface area contributed by atoms with Crippen LogP contribution in [-0.2, 0) is 0 Å². The molecule has 48 heavy (non-hydrogen) atoms. The second kappa shape index (κ2) is 10.9. The molecule has 0 saturated heterocycles. The van der Waals surface area contributed by atoms with E-state index < -0.39 is 0 Å². The average molecular weight is 611 g/mol. The lowest BCUT2D eigenvalue weighted by Gasteiger charge is -2.16. The van der Waals surface area contributed by atoms with Crippen molar-refractivity contribution in [1.29, 1.82) is 5.26 Å². The lowest BCUT2D eigenvalue weighted by molar-refractivity contribution is 1.18. The van der Waals surface area contributed by atoms with E-state index in [0.717, 1.165) is 66.5 Å². The van der Waals surface area contributed by atoms with Crippen LogP contribution in [0.1, 0.15) is 5.56 Å². The number of fused-ring (bicyclic) bond motifs is 6. The van der Waals surface area contributed by atoms with Crippen LogP contribution in [0.5, 0.6) is 0 Å². The molecule has 0 spiro atoms. The first-order valence-electron chi connectivity index (χ1n) is 15.9. The Kier molecular flexibility index (Phi) is 6.22. The third kappa shape index (κ3) is 4.07. The molecule has 0 saturated carbocycles. The number of para-hydroxylation sites is 4. The molecule has 9 rings (SSSR count). The lowest BCUT2D eigenvalue weighted by atomic mass is 9.96. The SMILES string of the molecule is [C-]#[N+]c1ccc(-n2c3ccccc3c3c(C#N)cccc32)cc1-c1cccc(-c2ccccc2-n2c3ccccc3c3ccccc32)c1. The molecule has 4 nitrogen and oxygen atoms in total. The van der Waals surface area contributed by atoms with Crippen LogP contribution in [0.15, 0.2) is 158 Å². The zero-order chi connectivity index (χ0) is 32.2. The molecule has 0 aliphatic heterocycles. The molecule has 0 unspecified atom stereocenters. The Balaban J connectivity index is 1.24. The predicted octanol–water partition coefficient (Wildman–Crippen LogP) is 11.6. The van der Waals surface area contributed by atoms with Crippen LogP contribution in [0.3, 0.4) is 0 Å². The van der Waals surface area contributed by atoms with E-state index in [1.807, 2.05) is 36.4 Å². The van der Waals surface area contributed by atoms with Gasteiger partial charge in [-0.1, -0.05) is 103 Å². The molecule has 2 heterocycles. The molecule has 0 aliphatic carbocycles. The van der Waals surface area contributed by atoms with Crippen LogP contribution in [0, 0.1) is 17.9 Å². The van der Waals surface area contributed by atoms with Crippen molar-refractivity contribution in [3.8, 4) is 39.7 Å². The Morgan fingerprint density at radius 1 is 0.500 bits per heavy atom. The monoisotopic (exact) mass is 610 g/mol. The second-order valence-electron chi connectivity index (χ2n) is 11.9. The molecule has 2 aromatic heterocycles. The maximum Gasteiger partial charge on any atom is 0.195 e. The first kappa shape index (κ1) is 27.4. The van der Waals surface area contributed by atoms with Gasteiger partial charge in [0.2, 0.25) is 0 Å². The highest BCUT2D eigenvalue weighted by molar-refractivity contribution is 6.12. The zero-order valence-electron chi connectivity index (χ0n) is 25.8. The largest absolute Gasteiger partial charge is 0.309 e. The van der Waals surface area contributed by atoms with Crippen molar-refractivity contribution < 1.29 is 0 Å². The third-order valence-electron chi connectivity index (χ3n) is 9.39. The van der Waals surface area contributed by atoms with Gasteiger partial charge in [0.25, 0.3) is 0 Å². The molecular weight excluding hydrogens is 585 g/mol. The number of hydrogen-bond acceptors (Lipinski definition) is 1. The van der Waals surface area contributed by atoms with E-state index in [1.54, 1.807) is 0 Å². The van der Waals surface area contributed by atoms with Gasteiger partial charge in [-0.2, -0.15) is 5.26 Å². The number of rotatable bonds is 4. The molecule has 222 valence electrons. The lowest BCUT2D eigenvalue weighted by Crippen LogP contribution is -1.97. The molecule has 0 amide bonds. The van der Waals surface area contributed by atoms with E-state index in [1.165, 1.54) is 10.8 Å². The second-order valence-corrected chi connectivity index (χ2v) is 11.9. The molecular formula is C44H26N4. The van der Waals surface area contributed by atoms with Crippen LogP contribution in [-0.4, -0.2) is 9.13 Å². The predicted molar refractivity (Wildman–Crippen MR) is 197 cm³/mol. The number of nitriles is 1. The Hall–Kier alpha value is -6.88. The van der Waals surface area contributed by atoms with E-state index in [0.29, 0.717) is 11.3 Å². The van der Waals surface area contributed by atoms with Crippen molar-refractivity contribution in [2.75, 3.05) is 0 Å². The number of nitrogens with zero attached hydrogens (tertiary/aromatic N) is 4. The van der Waals surface area contributed by atoms with Gasteiger partial charge in [0.05, 0.1) is 46.0 Å². The van der Waals surface area contributed by atoms with Gasteiger partial charge in [-0.25, -0.2) is 4.85 Å². The summed E-state index contributed by atoms with van der Waals surface area (Å²) in [5.74, 6) is 0. The van der Waals surface area contributed by atoms with Crippen molar-refractivity contribution >= 4 is 49.3 Å². The minimum atomic E-state index is 0.588. The van der Waals surface area contributed by atoms with Crippen molar-refractivity contribution in [2.45, 2.75) is 0 Å². The molecule has 0 fully saturated rings. The average Bonchev–Trinajstić information content (AvgIpc) is 3.68. The minimum Gasteiger partial charge on any atom is -0.309 e. The molecule has 4 heteroatoms. The first-order chi connectivity index (χ1) is 23.7. The maximum atomic E-state index is 9.95. The zero-order valence-corrected chi connectivity index (χ0v) is 25.8. The van der Waals surface area contributed by atoms with Crippen LogP contribution >= 0.6 is 0 Å². The molecule has 9 aromatic rings. The van der Waals surface area contributed by atoms with Gasteiger partial charge in [0.15, 0.2) is 5.69 Å². The van der Waals surface area contributed by atoms with Crippen molar-refractivity contribution in [1.82, 2.24) is 9.13 Å². The highest BCUT2D eigenvalue weighted by Gasteiger charge is 2.18. The number of aromatic nitrogens is 2. The van der Waals surface area contributed by atoms with E-state index in [4.69, 9.17) is 6.57 Å². The molecule has 7 aromatic carbocycles. The summed E-state index contributed by atoms with van der Waals surface area (Å²) in [7, 11) is 0. The third-order valence-corrected chi connectivity index (χ3v) is 9.39. The topological polar surface area (TPSA) is 38.0 Å². The Labute approximate surface area is 277 Å². The van der Waals surface area contributed by atoms with Gasteiger partial charge in [-0.3, -0.25) is 0 Å². The Morgan fingerprint density at radius 2 is 1.08 bits per heavy atom. The van der Waals surface area contributed by atoms with Crippen molar-refractivity contribution in [3.63, 3.8) is 0 Å². The molecule has 0 radical (unpaired) electrons. The summed E-state index contributed by atoms with van der Waals surface area (Å²) < 4.78 is 4.56. The van der Waals surface area contributed by atoms with Gasteiger partial charge < -0.3 is 9.13 Å². The van der Waals surface area contributed by atoms with Crippen molar-refractivity contribution in [3.05, 3.63) is 175 Å². The quantitative estimate of drug-likeness (QED) is 0.183. The normalized spacial score (nSPS) is 11.3. The molecule has 0 aliphatic rings. The van der Waals surface area contributed by atoms with Gasteiger partial charge >= 0.3 is 0 Å². The van der Waals surface area contributed by atoms with Crippen LogP contribution in [0.2, 0.25) is 0 Å². The van der Waals surface area contributed by atoms with E-state index in [-0.39, 0.29) is 0 Å². The summed E-state index contributed by atoms with van der Waals surface area (Å²) in [5, 5.41) is 14.4. The molecule has 0 bridgehead atoms. The first-order valence-corrected chi connectivity index (χ1v) is 15.9. The van der Waals surface area contributed by atoms with Gasteiger partial charge in [-0.15, -0.1) is 0 Å². The van der Waals surface area contributed by atoms with Crippen molar-refractivity contribution in [2.24, 2.45) is 0 Å². The minimum absolute atomic E-state index is 0.588. The molecule has 0 atom stereocenters. The van der Waals surface area contributed by atoms with Gasteiger partial charge in [0.1, 0.15) is 0 Å². The summed E-state index contributed by atoms with van der Waals surface area (Å²) in [5.41, 5.74) is 11.6. The van der Waals surface area contributed by atoms with E-state index in [9.17, 15) is 5.26 Å². The van der Waals surface area contributed by atoms with E-state index in [2.05, 4.69) is 141 Å².